The Morgan fingerprint density at radius 2 is 0.826 bits per heavy atom. The van der Waals surface area contributed by atoms with Crippen molar-refractivity contribution in [3.05, 3.63) is 165 Å². The summed E-state index contributed by atoms with van der Waals surface area (Å²) in [5, 5.41) is -1.33. The minimum Gasteiger partial charge on any atom is -0.281 e. The molecule has 0 radical (unpaired) electrons. The first-order valence-electron chi connectivity index (χ1n) is 18.8. The Morgan fingerprint density at radius 3 is 1.23 bits per heavy atom. The Hall–Kier alpha value is -6.72. The van der Waals surface area contributed by atoms with Gasteiger partial charge in [0.2, 0.25) is 5.82 Å². The van der Waals surface area contributed by atoms with Crippen LogP contribution in [0, 0.1) is 59.3 Å². The maximum absolute atomic E-state index is 16.3. The van der Waals surface area contributed by atoms with Gasteiger partial charge in [-0.25, -0.2) is 44.5 Å². The summed E-state index contributed by atoms with van der Waals surface area (Å²) in [6.07, 6.45) is -22.3. The van der Waals surface area contributed by atoms with Gasteiger partial charge in [0.1, 0.15) is 5.69 Å². The molecule has 0 atom stereocenters. The minimum atomic E-state index is -6.13. The fraction of sp³-hybridized carbons (Fsp3) is 0.133. The largest absolute Gasteiger partial charge is 0.417 e. The molecule has 0 saturated carbocycles. The first-order valence-corrected chi connectivity index (χ1v) is 19.6. The summed E-state index contributed by atoms with van der Waals surface area (Å²) in [5.41, 5.74) is -13.9. The van der Waals surface area contributed by atoms with Crippen molar-refractivity contribution < 1.29 is 92.2 Å². The first kappa shape index (κ1) is 50.2. The van der Waals surface area contributed by atoms with E-state index in [4.69, 9.17) is 0 Å². The number of aryl methyl sites for hydroxylation is 1. The lowest BCUT2D eigenvalue weighted by atomic mass is 9.90. The predicted molar refractivity (Wildman–Crippen MR) is 208 cm³/mol. The van der Waals surface area contributed by atoms with Crippen molar-refractivity contribution in [3.63, 3.8) is 0 Å². The molecule has 0 saturated heterocycles. The van der Waals surface area contributed by atoms with Gasteiger partial charge in [-0.1, -0.05) is 59.9 Å². The highest BCUT2D eigenvalue weighted by molar-refractivity contribution is 7.16. The molecule has 7 rings (SSSR count). The zero-order valence-electron chi connectivity index (χ0n) is 33.5. The fourth-order valence-corrected chi connectivity index (χ4v) is 8.55. The second-order valence-corrected chi connectivity index (χ2v) is 15.7. The molecule has 362 valence electrons. The van der Waals surface area contributed by atoms with E-state index in [0.717, 1.165) is 54.6 Å². The van der Waals surface area contributed by atoms with E-state index in [1.807, 2.05) is 0 Å². The molecule has 0 spiro atoms. The molecule has 0 N–H and O–H groups in total. The Bertz CT molecular complexity index is 2980. The van der Waals surface area contributed by atoms with Gasteiger partial charge in [0, 0.05) is 5.69 Å². The molecule has 0 aliphatic carbocycles. The van der Waals surface area contributed by atoms with Gasteiger partial charge >= 0.3 is 24.7 Å². The van der Waals surface area contributed by atoms with Crippen LogP contribution < -0.4 is 4.90 Å². The zero-order chi connectivity index (χ0) is 51.0. The van der Waals surface area contributed by atoms with Crippen LogP contribution in [0.4, 0.5) is 109 Å². The Morgan fingerprint density at radius 1 is 0.449 bits per heavy atom. The second kappa shape index (κ2) is 17.7. The highest BCUT2D eigenvalue weighted by atomic mass is 32.1. The summed E-state index contributed by atoms with van der Waals surface area (Å²) in [4.78, 5) is 1.74. The number of halogens is 21. The quantitative estimate of drug-likeness (QED) is 0.0857. The molecular weight excluding hydrogens is 1000 g/mol. The number of benzene rings is 6. The number of nitrogens with zero attached hydrogens (tertiary/aromatic N) is 2. The smallest absolute Gasteiger partial charge is 0.281 e. The third-order valence-corrected chi connectivity index (χ3v) is 11.5. The number of rotatable bonds is 8. The lowest BCUT2D eigenvalue weighted by molar-refractivity contribution is -0.252. The molecular formula is C45H19F21N2S. The second-order valence-electron chi connectivity index (χ2n) is 14.7. The molecule has 69 heavy (non-hydrogen) atoms. The summed E-state index contributed by atoms with van der Waals surface area (Å²) in [7, 11) is 0. The molecule has 7 aromatic rings. The van der Waals surface area contributed by atoms with Crippen molar-refractivity contribution in [3.8, 4) is 44.5 Å². The van der Waals surface area contributed by atoms with Crippen LogP contribution >= 0.6 is 11.3 Å². The van der Waals surface area contributed by atoms with Gasteiger partial charge in [-0.05, 0) is 82.8 Å². The van der Waals surface area contributed by atoms with Gasteiger partial charge in [-0.2, -0.15) is 52.7 Å². The van der Waals surface area contributed by atoms with Crippen molar-refractivity contribution in [2.45, 2.75) is 37.5 Å². The molecule has 1 heterocycles. The Kier molecular flexibility index (Phi) is 12.8. The van der Waals surface area contributed by atoms with Crippen molar-refractivity contribution in [1.82, 2.24) is 4.98 Å². The maximum Gasteiger partial charge on any atom is 0.417 e. The van der Waals surface area contributed by atoms with Gasteiger partial charge in [-0.15, -0.1) is 0 Å². The van der Waals surface area contributed by atoms with E-state index in [2.05, 4.69) is 4.98 Å². The van der Waals surface area contributed by atoms with Crippen LogP contribution in [0.1, 0.15) is 27.6 Å². The number of anilines is 3. The SMILES string of the molecule is Cc1nc(N(c2ccc(-c3cc(-c4ccccc4C(F)(F)F)cc(-c4ccccc4C(F)(F)F)c3)cc2)c2c(F)c(F)c(-c3c(F)c(F)c(F)c(F)c3F)c(F)c2F)sc1C(C(F)(F)F)C(F)(F)F. The fourth-order valence-electron chi connectivity index (χ4n) is 7.31. The van der Waals surface area contributed by atoms with Crippen LogP contribution in [0.3, 0.4) is 0 Å². The maximum atomic E-state index is 16.3. The summed E-state index contributed by atoms with van der Waals surface area (Å²) < 4.78 is 305. The van der Waals surface area contributed by atoms with Gasteiger partial charge in [0.25, 0.3) is 0 Å². The third-order valence-electron chi connectivity index (χ3n) is 10.3. The van der Waals surface area contributed by atoms with Gasteiger partial charge in [-0.3, -0.25) is 4.90 Å². The average Bonchev–Trinajstić information content (AvgIpc) is 3.63. The van der Waals surface area contributed by atoms with E-state index >= 15 is 17.6 Å². The summed E-state index contributed by atoms with van der Waals surface area (Å²) in [6.45, 7) is 0.569. The first-order chi connectivity index (χ1) is 31.9. The molecule has 6 aromatic carbocycles. The molecule has 0 amide bonds. The monoisotopic (exact) mass is 1020 g/mol. The minimum absolute atomic E-state index is 0.116. The average molecular weight is 1020 g/mol. The molecule has 0 aliphatic heterocycles. The predicted octanol–water partition coefficient (Wildman–Crippen LogP) is 17.1. The van der Waals surface area contributed by atoms with Crippen molar-refractivity contribution in [2.24, 2.45) is 0 Å². The van der Waals surface area contributed by atoms with E-state index in [1.54, 1.807) is 0 Å². The molecule has 2 nitrogen and oxygen atoms in total. The summed E-state index contributed by atoms with van der Waals surface area (Å²) in [5.74, 6) is -30.3. The van der Waals surface area contributed by atoms with Gasteiger partial charge in [0.15, 0.2) is 57.6 Å². The van der Waals surface area contributed by atoms with Crippen molar-refractivity contribution in [2.75, 3.05) is 4.90 Å². The molecule has 0 aliphatic rings. The highest BCUT2D eigenvalue weighted by Crippen LogP contribution is 2.53. The van der Waals surface area contributed by atoms with Crippen LogP contribution in [0.2, 0.25) is 0 Å². The zero-order valence-corrected chi connectivity index (χ0v) is 34.3. The van der Waals surface area contributed by atoms with Crippen LogP contribution in [0.5, 0.6) is 0 Å². The van der Waals surface area contributed by atoms with E-state index in [9.17, 15) is 74.6 Å². The van der Waals surface area contributed by atoms with Crippen molar-refractivity contribution >= 4 is 27.8 Å². The van der Waals surface area contributed by atoms with Crippen LogP contribution in [0.25, 0.3) is 44.5 Å². The Labute approximate surface area is 376 Å². The van der Waals surface area contributed by atoms with E-state index < -0.39 is 155 Å². The molecule has 24 heteroatoms. The van der Waals surface area contributed by atoms with E-state index in [-0.39, 0.29) is 27.2 Å². The molecule has 0 unspecified atom stereocenters. The normalized spacial score (nSPS) is 12.6. The number of hydrogen-bond acceptors (Lipinski definition) is 3. The number of aromatic nitrogens is 1. The number of hydrogen-bond donors (Lipinski definition) is 0. The van der Waals surface area contributed by atoms with Crippen molar-refractivity contribution in [1.29, 1.82) is 0 Å². The molecule has 0 fully saturated rings. The molecule has 0 bridgehead atoms. The third kappa shape index (κ3) is 9.17. The van der Waals surface area contributed by atoms with Gasteiger partial charge in [0.05, 0.1) is 32.8 Å². The van der Waals surface area contributed by atoms with E-state index in [1.165, 1.54) is 12.1 Å². The van der Waals surface area contributed by atoms with Gasteiger partial charge < -0.3 is 0 Å². The standard InChI is InChI=1S/C45H19F21N2S/c1-17-39(40(44(61,62)63)45(64,65)66)69-41(67-17)68(38-36(53)31(48)28(32(49)37(38)54)27-29(46)33(50)35(52)34(51)30(27)47)22-12-10-18(11-13-22)19-14-20(23-6-2-4-8-25(23)42(55,56)57)16-21(15-19)24-7-3-5-9-26(24)43(58,59)60/h2-16,40H,1H3. The van der Waals surface area contributed by atoms with Crippen LogP contribution in [0.15, 0.2) is 91.0 Å². The van der Waals surface area contributed by atoms with E-state index in [0.29, 0.717) is 31.2 Å². The lowest BCUT2D eigenvalue weighted by Gasteiger charge is -2.25. The number of thiazole rings is 1. The highest BCUT2D eigenvalue weighted by Gasteiger charge is 2.59. The lowest BCUT2D eigenvalue weighted by Crippen LogP contribution is -2.33. The van der Waals surface area contributed by atoms with Crippen LogP contribution in [-0.4, -0.2) is 17.3 Å². The Balaban J connectivity index is 1.49. The van der Waals surface area contributed by atoms with Crippen LogP contribution in [-0.2, 0) is 12.4 Å². The summed E-state index contributed by atoms with van der Waals surface area (Å²) >= 11 is -0.583. The number of alkyl halides is 12. The topological polar surface area (TPSA) is 16.1 Å². The summed E-state index contributed by atoms with van der Waals surface area (Å²) in [6, 6.07) is 14.0. The molecule has 1 aromatic heterocycles.